The Labute approximate surface area is 207 Å². The second-order valence-electron chi connectivity index (χ2n) is 8.39. The summed E-state index contributed by atoms with van der Waals surface area (Å²) in [5, 5.41) is 4.11. The number of aromatic nitrogens is 1. The van der Waals surface area contributed by atoms with E-state index >= 15 is 0 Å². The lowest BCUT2D eigenvalue weighted by atomic mass is 10.0. The molecule has 0 unspecified atom stereocenters. The zero-order chi connectivity index (χ0) is 25.3. The van der Waals surface area contributed by atoms with Gasteiger partial charge in [0.05, 0.1) is 16.8 Å². The van der Waals surface area contributed by atoms with Gasteiger partial charge >= 0.3 is 6.18 Å². The van der Waals surface area contributed by atoms with Crippen LogP contribution < -0.4 is 5.32 Å². The van der Waals surface area contributed by atoms with Gasteiger partial charge in [-0.2, -0.15) is 13.2 Å². The molecule has 5 rings (SSSR count). The van der Waals surface area contributed by atoms with Crippen molar-refractivity contribution in [2.45, 2.75) is 6.18 Å². The number of hydrogen-bond acceptors (Lipinski definition) is 1. The largest absolute Gasteiger partial charge is 0.416 e. The molecule has 5 aromatic rings. The highest BCUT2D eigenvalue weighted by Gasteiger charge is 2.30. The van der Waals surface area contributed by atoms with E-state index in [4.69, 9.17) is 0 Å². The Hall–Kier alpha value is -4.51. The summed E-state index contributed by atoms with van der Waals surface area (Å²) in [4.78, 5) is 0. The quantitative estimate of drug-likeness (QED) is 0.256. The van der Waals surface area contributed by atoms with Crippen molar-refractivity contribution >= 4 is 34.4 Å². The van der Waals surface area contributed by atoms with Gasteiger partial charge in [-0.15, -0.1) is 0 Å². The Morgan fingerprint density at radius 2 is 1.42 bits per heavy atom. The van der Waals surface area contributed by atoms with Gasteiger partial charge in [0.25, 0.3) is 0 Å². The summed E-state index contributed by atoms with van der Waals surface area (Å²) in [6.45, 7) is 8.06. The van der Waals surface area contributed by atoms with E-state index in [1.807, 2.05) is 54.6 Å². The maximum absolute atomic E-state index is 13.0. The lowest BCUT2D eigenvalue weighted by Crippen LogP contribution is -2.05. The van der Waals surface area contributed by atoms with E-state index in [1.165, 1.54) is 6.07 Å². The van der Waals surface area contributed by atoms with Crippen LogP contribution in [0, 0.1) is 0 Å². The maximum atomic E-state index is 13.0. The van der Waals surface area contributed by atoms with Gasteiger partial charge in [-0.3, -0.25) is 0 Å². The SMILES string of the molecule is C=Cc1c(C=C)n(-c2ccccc2)c2ccc(-c3ccc(Nc4cccc(C(F)(F)F)c4)cc3)cc12. The highest BCUT2D eigenvalue weighted by molar-refractivity contribution is 5.97. The van der Waals surface area contributed by atoms with Crippen LogP contribution in [0.5, 0.6) is 0 Å². The van der Waals surface area contributed by atoms with Crippen molar-refractivity contribution in [3.05, 3.63) is 127 Å². The summed E-state index contributed by atoms with van der Waals surface area (Å²) in [5.74, 6) is 0. The van der Waals surface area contributed by atoms with Gasteiger partial charge in [0.2, 0.25) is 0 Å². The van der Waals surface area contributed by atoms with Gasteiger partial charge in [-0.25, -0.2) is 0 Å². The molecule has 36 heavy (non-hydrogen) atoms. The Morgan fingerprint density at radius 3 is 2.08 bits per heavy atom. The van der Waals surface area contributed by atoms with Crippen LogP contribution in [-0.2, 0) is 6.18 Å². The Bertz CT molecular complexity index is 1560. The van der Waals surface area contributed by atoms with Gasteiger partial charge in [0.1, 0.15) is 0 Å². The fraction of sp³-hybridized carbons (Fsp3) is 0.0323. The minimum absolute atomic E-state index is 0.383. The number of halogens is 3. The number of fused-ring (bicyclic) bond motifs is 1. The highest BCUT2D eigenvalue weighted by Crippen LogP contribution is 2.35. The average Bonchev–Trinajstić information content (AvgIpc) is 3.22. The summed E-state index contributed by atoms with van der Waals surface area (Å²) in [7, 11) is 0. The van der Waals surface area contributed by atoms with Crippen LogP contribution in [0.2, 0.25) is 0 Å². The molecule has 1 N–H and O–H groups in total. The van der Waals surface area contributed by atoms with Crippen LogP contribution in [0.25, 0.3) is 39.9 Å². The topological polar surface area (TPSA) is 17.0 Å². The van der Waals surface area contributed by atoms with Crippen LogP contribution in [0.4, 0.5) is 24.5 Å². The van der Waals surface area contributed by atoms with Crippen LogP contribution in [0.1, 0.15) is 16.8 Å². The monoisotopic (exact) mass is 480 g/mol. The lowest BCUT2D eigenvalue weighted by molar-refractivity contribution is -0.137. The maximum Gasteiger partial charge on any atom is 0.416 e. The predicted molar refractivity (Wildman–Crippen MR) is 144 cm³/mol. The van der Waals surface area contributed by atoms with Crippen molar-refractivity contribution in [2.24, 2.45) is 0 Å². The molecular weight excluding hydrogens is 457 g/mol. The molecule has 0 fully saturated rings. The number of rotatable bonds is 6. The molecule has 0 aliphatic heterocycles. The zero-order valence-corrected chi connectivity index (χ0v) is 19.4. The Balaban J connectivity index is 1.49. The number of hydrogen-bond donors (Lipinski definition) is 1. The van der Waals surface area contributed by atoms with Gasteiger partial charge in [0.15, 0.2) is 0 Å². The van der Waals surface area contributed by atoms with Crippen LogP contribution in [0.3, 0.4) is 0 Å². The first-order valence-corrected chi connectivity index (χ1v) is 11.4. The van der Waals surface area contributed by atoms with Crippen molar-refractivity contribution in [3.63, 3.8) is 0 Å². The standard InChI is InChI=1S/C31H23F3N2/c1-3-27-28-19-22(15-18-30(28)36(29(27)4-2)26-11-6-5-7-12-26)21-13-16-24(17-14-21)35-25-10-8-9-23(20-25)31(32,33)34/h3-20,35H,1-2H2. The Kier molecular flexibility index (Phi) is 5.98. The van der Waals surface area contributed by atoms with Gasteiger partial charge in [0, 0.05) is 28.0 Å². The summed E-state index contributed by atoms with van der Waals surface area (Å²) < 4.78 is 41.2. The molecule has 0 radical (unpaired) electrons. The Morgan fingerprint density at radius 1 is 0.694 bits per heavy atom. The van der Waals surface area contributed by atoms with E-state index in [0.717, 1.165) is 51.1 Å². The predicted octanol–water partition coefficient (Wildman–Crippen LogP) is 9.35. The molecule has 0 saturated heterocycles. The molecule has 0 aliphatic carbocycles. The molecule has 4 aromatic carbocycles. The van der Waals surface area contributed by atoms with Crippen molar-refractivity contribution < 1.29 is 13.2 Å². The smallest absolute Gasteiger partial charge is 0.356 e. The fourth-order valence-corrected chi connectivity index (χ4v) is 4.47. The van der Waals surface area contributed by atoms with E-state index in [-0.39, 0.29) is 0 Å². The molecule has 0 bridgehead atoms. The van der Waals surface area contributed by atoms with Gasteiger partial charge < -0.3 is 9.88 Å². The molecule has 0 aliphatic rings. The van der Waals surface area contributed by atoms with Crippen LogP contribution >= 0.6 is 0 Å². The summed E-state index contributed by atoms with van der Waals surface area (Å²) >= 11 is 0. The van der Waals surface area contributed by atoms with Crippen molar-refractivity contribution in [3.8, 4) is 16.8 Å². The number of para-hydroxylation sites is 1. The average molecular weight is 481 g/mol. The number of benzene rings is 4. The summed E-state index contributed by atoms with van der Waals surface area (Å²) in [6.07, 6.45) is -0.683. The molecule has 5 heteroatoms. The third-order valence-electron chi connectivity index (χ3n) is 6.15. The third-order valence-corrected chi connectivity index (χ3v) is 6.15. The molecule has 0 spiro atoms. The normalized spacial score (nSPS) is 11.4. The van der Waals surface area contributed by atoms with Gasteiger partial charge in [-0.05, 0) is 71.8 Å². The fourth-order valence-electron chi connectivity index (χ4n) is 4.47. The molecule has 0 amide bonds. The molecule has 0 atom stereocenters. The zero-order valence-electron chi connectivity index (χ0n) is 19.4. The van der Waals surface area contributed by atoms with E-state index < -0.39 is 11.7 Å². The van der Waals surface area contributed by atoms with E-state index in [9.17, 15) is 13.2 Å². The molecule has 0 saturated carbocycles. The minimum Gasteiger partial charge on any atom is -0.356 e. The second-order valence-corrected chi connectivity index (χ2v) is 8.39. The first-order valence-electron chi connectivity index (χ1n) is 11.4. The lowest BCUT2D eigenvalue weighted by Gasteiger charge is -2.11. The second kappa shape index (κ2) is 9.27. The highest BCUT2D eigenvalue weighted by atomic mass is 19.4. The van der Waals surface area contributed by atoms with Crippen LogP contribution in [0.15, 0.2) is 110 Å². The van der Waals surface area contributed by atoms with E-state index in [0.29, 0.717) is 11.4 Å². The van der Waals surface area contributed by atoms with Gasteiger partial charge in [-0.1, -0.05) is 61.7 Å². The van der Waals surface area contributed by atoms with E-state index in [2.05, 4.69) is 53.4 Å². The number of nitrogens with one attached hydrogen (secondary N) is 1. The molecule has 1 aromatic heterocycles. The molecule has 178 valence electrons. The van der Waals surface area contributed by atoms with Crippen molar-refractivity contribution in [1.29, 1.82) is 0 Å². The third kappa shape index (κ3) is 4.31. The molecule has 1 heterocycles. The summed E-state index contributed by atoms with van der Waals surface area (Å²) in [5.41, 5.74) is 6.50. The number of nitrogens with zero attached hydrogens (tertiary/aromatic N) is 1. The van der Waals surface area contributed by atoms with Crippen molar-refractivity contribution in [2.75, 3.05) is 5.32 Å². The van der Waals surface area contributed by atoms with Crippen molar-refractivity contribution in [1.82, 2.24) is 4.57 Å². The number of alkyl halides is 3. The van der Waals surface area contributed by atoms with Crippen LogP contribution in [-0.4, -0.2) is 4.57 Å². The molecular formula is C31H23F3N2. The summed E-state index contributed by atoms with van der Waals surface area (Å²) in [6, 6.07) is 29.2. The minimum atomic E-state index is -4.38. The first kappa shape index (κ1) is 23.2. The first-order chi connectivity index (χ1) is 17.4. The van der Waals surface area contributed by atoms with E-state index in [1.54, 1.807) is 6.07 Å². The molecule has 2 nitrogen and oxygen atoms in total. The number of anilines is 2.